The molecule has 0 fully saturated rings. The summed E-state index contributed by atoms with van der Waals surface area (Å²) in [6, 6.07) is 0. The van der Waals surface area contributed by atoms with Gasteiger partial charge >= 0.3 is 19.8 Å². The van der Waals surface area contributed by atoms with E-state index in [4.69, 9.17) is 18.5 Å². The van der Waals surface area contributed by atoms with Gasteiger partial charge in [0, 0.05) is 12.8 Å². The summed E-state index contributed by atoms with van der Waals surface area (Å²) in [4.78, 5) is 35.6. The molecule has 384 valence electrons. The van der Waals surface area contributed by atoms with E-state index in [0.29, 0.717) is 17.4 Å². The second-order valence-electron chi connectivity index (χ2n) is 19.3. The van der Waals surface area contributed by atoms with E-state index in [1.807, 2.05) is 21.1 Å². The number of hydrogen-bond donors (Lipinski definition) is 1. The van der Waals surface area contributed by atoms with Crippen LogP contribution in [0.4, 0.5) is 0 Å². The molecule has 2 unspecified atom stereocenters. The summed E-state index contributed by atoms with van der Waals surface area (Å²) in [5, 5.41) is 0. The minimum absolute atomic E-state index is 0.0276. The molecule has 0 amide bonds. The molecule has 2 atom stereocenters. The van der Waals surface area contributed by atoms with Crippen molar-refractivity contribution in [1.29, 1.82) is 0 Å². The van der Waals surface area contributed by atoms with Crippen molar-refractivity contribution < 1.29 is 42.1 Å². The first-order valence-electron chi connectivity index (χ1n) is 27.0. The van der Waals surface area contributed by atoms with E-state index in [0.717, 1.165) is 77.0 Å². The van der Waals surface area contributed by atoms with Crippen LogP contribution in [-0.4, -0.2) is 74.9 Å². The molecular formula is C56H103NO8P+. The van der Waals surface area contributed by atoms with Gasteiger partial charge in [-0.1, -0.05) is 197 Å². The lowest BCUT2D eigenvalue weighted by atomic mass is 10.0. The highest BCUT2D eigenvalue weighted by Gasteiger charge is 2.27. The molecule has 0 aromatic carbocycles. The van der Waals surface area contributed by atoms with Gasteiger partial charge in [0.25, 0.3) is 0 Å². The number of hydrogen-bond acceptors (Lipinski definition) is 7. The van der Waals surface area contributed by atoms with E-state index in [1.165, 1.54) is 122 Å². The Labute approximate surface area is 406 Å². The van der Waals surface area contributed by atoms with Crippen LogP contribution in [0.25, 0.3) is 0 Å². The Bertz CT molecular complexity index is 1300. The zero-order chi connectivity index (χ0) is 48.5. The number of phosphoric ester groups is 1. The van der Waals surface area contributed by atoms with Crippen molar-refractivity contribution >= 4 is 19.8 Å². The van der Waals surface area contributed by atoms with Crippen LogP contribution in [0, 0.1) is 0 Å². The number of phosphoric acid groups is 1. The predicted molar refractivity (Wildman–Crippen MR) is 279 cm³/mol. The van der Waals surface area contributed by atoms with Crippen LogP contribution >= 0.6 is 7.82 Å². The fourth-order valence-corrected chi connectivity index (χ4v) is 8.03. The van der Waals surface area contributed by atoms with Gasteiger partial charge in [-0.2, -0.15) is 0 Å². The molecule has 1 N–H and O–H groups in total. The number of likely N-dealkylation sites (N-methyl/N-ethyl adjacent to an activating group) is 1. The Morgan fingerprint density at radius 2 is 0.818 bits per heavy atom. The molecule has 0 heterocycles. The standard InChI is InChI=1S/C56H102NO8P/c1-6-8-10-12-14-16-18-20-22-24-25-26-27-28-29-30-31-33-35-37-39-41-43-45-47-49-56(59)65-54(53-64-66(60,61)63-51-50-57(3,4)5)52-62-55(58)48-46-44-42-40-38-36-34-32-23-21-19-17-15-13-11-9-7-2/h15,17-18,20-21,23-25,27-28,54H,6-14,16,19,22,26,29-53H2,1-5H3/p+1/b17-15-,20-18-,23-21-,25-24-,28-27-. The largest absolute Gasteiger partial charge is 0.472 e. The number of nitrogens with zero attached hydrogens (tertiary/aromatic N) is 1. The third kappa shape index (κ3) is 51.1. The number of allylic oxidation sites excluding steroid dienone is 10. The average molecular weight is 949 g/mol. The number of carbonyl (C=O) groups is 2. The van der Waals surface area contributed by atoms with Crippen molar-refractivity contribution in [2.45, 2.75) is 238 Å². The highest BCUT2D eigenvalue weighted by molar-refractivity contribution is 7.47. The van der Waals surface area contributed by atoms with E-state index >= 15 is 0 Å². The summed E-state index contributed by atoms with van der Waals surface area (Å²) in [6.45, 7) is 4.39. The van der Waals surface area contributed by atoms with Crippen molar-refractivity contribution in [1.82, 2.24) is 0 Å². The molecule has 10 heteroatoms. The van der Waals surface area contributed by atoms with Gasteiger partial charge in [-0.25, -0.2) is 4.57 Å². The van der Waals surface area contributed by atoms with Gasteiger partial charge in [-0.15, -0.1) is 0 Å². The first-order chi connectivity index (χ1) is 32.0. The molecular weight excluding hydrogens is 846 g/mol. The van der Waals surface area contributed by atoms with Crippen LogP contribution in [0.5, 0.6) is 0 Å². The Balaban J connectivity index is 4.23. The first kappa shape index (κ1) is 63.7. The normalized spacial score (nSPS) is 13.8. The second kappa shape index (κ2) is 47.8. The SMILES string of the molecule is CCCCC/C=C\C/C=C\CCCCCCCCCC(=O)OCC(COP(=O)(O)OCC[N+](C)(C)C)OC(=O)CCCCCCCCCCCC/C=C\C/C=C\C/C=C\CCCCCCC. The van der Waals surface area contributed by atoms with E-state index in [-0.39, 0.29) is 32.0 Å². The Hall–Kier alpha value is -2.29. The summed E-state index contributed by atoms with van der Waals surface area (Å²) < 4.78 is 34.5. The van der Waals surface area contributed by atoms with E-state index in [1.54, 1.807) is 0 Å². The maximum Gasteiger partial charge on any atom is 0.472 e. The monoisotopic (exact) mass is 949 g/mol. The number of quaternary nitrogens is 1. The Kier molecular flexibility index (Phi) is 46.1. The maximum atomic E-state index is 12.8. The average Bonchev–Trinajstić information content (AvgIpc) is 3.27. The van der Waals surface area contributed by atoms with Gasteiger partial charge in [0.1, 0.15) is 19.8 Å². The Morgan fingerprint density at radius 3 is 1.24 bits per heavy atom. The van der Waals surface area contributed by atoms with Gasteiger partial charge in [-0.3, -0.25) is 18.6 Å². The van der Waals surface area contributed by atoms with Gasteiger partial charge < -0.3 is 18.9 Å². The number of esters is 2. The molecule has 9 nitrogen and oxygen atoms in total. The first-order valence-corrected chi connectivity index (χ1v) is 28.5. The fourth-order valence-electron chi connectivity index (χ4n) is 7.29. The molecule has 0 aromatic heterocycles. The van der Waals surface area contributed by atoms with E-state index in [9.17, 15) is 19.0 Å². The third-order valence-corrected chi connectivity index (χ3v) is 12.5. The lowest BCUT2D eigenvalue weighted by Gasteiger charge is -2.24. The molecule has 0 rings (SSSR count). The quantitative estimate of drug-likeness (QED) is 0.0211. The van der Waals surface area contributed by atoms with Gasteiger partial charge in [-0.05, 0) is 83.5 Å². The van der Waals surface area contributed by atoms with Crippen LogP contribution in [0.1, 0.15) is 232 Å². The molecule has 0 aromatic rings. The van der Waals surface area contributed by atoms with Crippen LogP contribution in [0.15, 0.2) is 60.8 Å². The molecule has 0 aliphatic carbocycles. The van der Waals surface area contributed by atoms with Crippen molar-refractivity contribution in [3.05, 3.63) is 60.8 Å². The second-order valence-corrected chi connectivity index (χ2v) is 20.7. The molecule has 66 heavy (non-hydrogen) atoms. The molecule has 0 bridgehead atoms. The molecule has 0 spiro atoms. The van der Waals surface area contributed by atoms with Crippen LogP contribution in [-0.2, 0) is 32.7 Å². The zero-order valence-electron chi connectivity index (χ0n) is 43.4. The zero-order valence-corrected chi connectivity index (χ0v) is 44.3. The number of carbonyl (C=O) groups excluding carboxylic acids is 2. The number of rotatable bonds is 49. The Morgan fingerprint density at radius 1 is 0.470 bits per heavy atom. The molecule has 0 saturated carbocycles. The van der Waals surface area contributed by atoms with Gasteiger partial charge in [0.15, 0.2) is 6.10 Å². The fraction of sp³-hybridized carbons (Fsp3) is 0.786. The smallest absolute Gasteiger partial charge is 0.462 e. The van der Waals surface area contributed by atoms with E-state index < -0.39 is 26.5 Å². The molecule has 0 saturated heterocycles. The summed E-state index contributed by atoms with van der Waals surface area (Å²) in [6.07, 6.45) is 59.8. The third-order valence-electron chi connectivity index (χ3n) is 11.5. The topological polar surface area (TPSA) is 108 Å². The number of ether oxygens (including phenoxy) is 2. The summed E-state index contributed by atoms with van der Waals surface area (Å²) in [5.41, 5.74) is 0. The highest BCUT2D eigenvalue weighted by atomic mass is 31.2. The lowest BCUT2D eigenvalue weighted by Crippen LogP contribution is -2.37. The summed E-state index contributed by atoms with van der Waals surface area (Å²) in [5.74, 6) is -0.809. The van der Waals surface area contributed by atoms with Crippen LogP contribution in [0.2, 0.25) is 0 Å². The summed E-state index contributed by atoms with van der Waals surface area (Å²) >= 11 is 0. The van der Waals surface area contributed by atoms with Gasteiger partial charge in [0.05, 0.1) is 27.7 Å². The van der Waals surface area contributed by atoms with Crippen molar-refractivity contribution in [2.75, 3.05) is 47.5 Å². The predicted octanol–water partition coefficient (Wildman–Crippen LogP) is 16.4. The molecule has 0 aliphatic rings. The van der Waals surface area contributed by atoms with Crippen molar-refractivity contribution in [3.8, 4) is 0 Å². The lowest BCUT2D eigenvalue weighted by molar-refractivity contribution is -0.870. The van der Waals surface area contributed by atoms with Crippen molar-refractivity contribution in [3.63, 3.8) is 0 Å². The molecule has 0 radical (unpaired) electrons. The molecule has 0 aliphatic heterocycles. The van der Waals surface area contributed by atoms with Crippen molar-refractivity contribution in [2.24, 2.45) is 0 Å². The van der Waals surface area contributed by atoms with E-state index in [2.05, 4.69) is 74.6 Å². The van der Waals surface area contributed by atoms with Gasteiger partial charge in [0.2, 0.25) is 0 Å². The van der Waals surface area contributed by atoms with Crippen LogP contribution in [0.3, 0.4) is 0 Å². The highest BCUT2D eigenvalue weighted by Crippen LogP contribution is 2.43. The maximum absolute atomic E-state index is 12.8. The van der Waals surface area contributed by atoms with Crippen LogP contribution < -0.4 is 0 Å². The summed E-state index contributed by atoms with van der Waals surface area (Å²) in [7, 11) is 1.47. The minimum Gasteiger partial charge on any atom is -0.462 e. The minimum atomic E-state index is -4.39. The number of unbranched alkanes of at least 4 members (excludes halogenated alkanes) is 25.